The van der Waals surface area contributed by atoms with Gasteiger partial charge in [0.1, 0.15) is 5.02 Å². The van der Waals surface area contributed by atoms with Gasteiger partial charge in [0.05, 0.1) is 10.5 Å². The molecule has 0 unspecified atom stereocenters. The number of hydrogen-bond acceptors (Lipinski definition) is 5. The SMILES string of the molecule is CC[C@H](C)c1ccc(NC(=O)COC(=O)c2ccc(Cl)c([N+](=O)[O-])c2)cc1. The highest BCUT2D eigenvalue weighted by atomic mass is 35.5. The van der Waals surface area contributed by atoms with Gasteiger partial charge in [-0.1, -0.05) is 37.6 Å². The summed E-state index contributed by atoms with van der Waals surface area (Å²) in [4.78, 5) is 34.1. The Morgan fingerprint density at radius 1 is 1.22 bits per heavy atom. The monoisotopic (exact) mass is 390 g/mol. The summed E-state index contributed by atoms with van der Waals surface area (Å²) in [5.41, 5.74) is 1.30. The minimum absolute atomic E-state index is 0.0585. The van der Waals surface area contributed by atoms with Crippen LogP contribution in [0.5, 0.6) is 0 Å². The number of halogens is 1. The molecule has 0 fully saturated rings. The van der Waals surface area contributed by atoms with Gasteiger partial charge in [-0.25, -0.2) is 4.79 Å². The van der Waals surface area contributed by atoms with Crippen molar-refractivity contribution in [2.75, 3.05) is 11.9 Å². The summed E-state index contributed by atoms with van der Waals surface area (Å²) < 4.78 is 4.90. The standard InChI is InChI=1S/C19H19ClN2O5/c1-3-12(2)13-4-7-15(8-5-13)21-18(23)11-27-19(24)14-6-9-16(20)17(10-14)22(25)26/h4-10,12H,3,11H2,1-2H3,(H,21,23)/t12-/m0/s1. The van der Waals surface area contributed by atoms with E-state index in [-0.39, 0.29) is 10.6 Å². The van der Waals surface area contributed by atoms with Crippen LogP contribution in [0.4, 0.5) is 11.4 Å². The van der Waals surface area contributed by atoms with Crippen LogP contribution in [-0.4, -0.2) is 23.4 Å². The predicted octanol–water partition coefficient (Wildman–Crippen LogP) is 4.56. The minimum Gasteiger partial charge on any atom is -0.452 e. The van der Waals surface area contributed by atoms with E-state index in [2.05, 4.69) is 19.2 Å². The van der Waals surface area contributed by atoms with Crippen LogP contribution in [0.15, 0.2) is 42.5 Å². The lowest BCUT2D eigenvalue weighted by Crippen LogP contribution is -2.21. The second kappa shape index (κ2) is 9.14. The average molecular weight is 391 g/mol. The molecule has 1 amide bonds. The number of hydrogen-bond donors (Lipinski definition) is 1. The molecule has 2 aromatic carbocycles. The maximum atomic E-state index is 12.0. The highest BCUT2D eigenvalue weighted by Gasteiger charge is 2.18. The number of benzene rings is 2. The van der Waals surface area contributed by atoms with E-state index < -0.39 is 29.1 Å². The summed E-state index contributed by atoms with van der Waals surface area (Å²) in [5.74, 6) is -0.931. The zero-order valence-corrected chi connectivity index (χ0v) is 15.7. The Balaban J connectivity index is 1.92. The number of carbonyl (C=O) groups excluding carboxylic acids is 2. The first-order valence-electron chi connectivity index (χ1n) is 8.32. The Bertz CT molecular complexity index is 852. The smallest absolute Gasteiger partial charge is 0.338 e. The number of rotatable bonds is 7. The highest BCUT2D eigenvalue weighted by Crippen LogP contribution is 2.25. The van der Waals surface area contributed by atoms with E-state index >= 15 is 0 Å². The zero-order valence-electron chi connectivity index (χ0n) is 14.9. The maximum Gasteiger partial charge on any atom is 0.338 e. The van der Waals surface area contributed by atoms with E-state index in [9.17, 15) is 19.7 Å². The summed E-state index contributed by atoms with van der Waals surface area (Å²) in [7, 11) is 0. The molecule has 0 spiro atoms. The van der Waals surface area contributed by atoms with Crippen molar-refractivity contribution in [2.45, 2.75) is 26.2 Å². The van der Waals surface area contributed by atoms with Gasteiger partial charge in [-0.05, 0) is 42.2 Å². The number of esters is 1. The lowest BCUT2D eigenvalue weighted by molar-refractivity contribution is -0.384. The Labute approximate surface area is 161 Å². The van der Waals surface area contributed by atoms with Gasteiger partial charge in [-0.15, -0.1) is 0 Å². The first-order valence-corrected chi connectivity index (χ1v) is 8.70. The molecule has 7 nitrogen and oxygen atoms in total. The third kappa shape index (κ3) is 5.52. The van der Waals surface area contributed by atoms with Gasteiger partial charge in [0.15, 0.2) is 6.61 Å². The summed E-state index contributed by atoms with van der Waals surface area (Å²) in [6.45, 7) is 3.71. The summed E-state index contributed by atoms with van der Waals surface area (Å²) in [6.07, 6.45) is 1.02. The van der Waals surface area contributed by atoms with Gasteiger partial charge >= 0.3 is 5.97 Å². The minimum atomic E-state index is -0.850. The fourth-order valence-corrected chi connectivity index (χ4v) is 2.51. The number of ether oxygens (including phenoxy) is 1. The molecule has 2 rings (SSSR count). The van der Waals surface area contributed by atoms with Crippen LogP contribution in [0.1, 0.15) is 42.1 Å². The second-order valence-electron chi connectivity index (χ2n) is 5.98. The average Bonchev–Trinajstić information content (AvgIpc) is 2.66. The van der Waals surface area contributed by atoms with Crippen molar-refractivity contribution in [3.05, 3.63) is 68.7 Å². The van der Waals surface area contributed by atoms with E-state index in [1.807, 2.05) is 12.1 Å². The second-order valence-corrected chi connectivity index (χ2v) is 6.39. The lowest BCUT2D eigenvalue weighted by Gasteiger charge is -2.10. The fourth-order valence-electron chi connectivity index (χ4n) is 2.32. The van der Waals surface area contributed by atoms with Gasteiger partial charge in [0, 0.05) is 11.8 Å². The Kier molecular flexibility index (Phi) is 6.90. The molecule has 1 atom stereocenters. The van der Waals surface area contributed by atoms with Crippen LogP contribution in [0.3, 0.4) is 0 Å². The van der Waals surface area contributed by atoms with Gasteiger partial charge in [-0.3, -0.25) is 14.9 Å². The van der Waals surface area contributed by atoms with E-state index in [1.165, 1.54) is 17.7 Å². The molecule has 0 aliphatic heterocycles. The Morgan fingerprint density at radius 2 is 1.89 bits per heavy atom. The zero-order chi connectivity index (χ0) is 20.0. The first-order chi connectivity index (χ1) is 12.8. The van der Waals surface area contributed by atoms with Crippen molar-refractivity contribution in [1.82, 2.24) is 0 Å². The number of amides is 1. The molecule has 0 aliphatic rings. The van der Waals surface area contributed by atoms with Crippen LogP contribution in [-0.2, 0) is 9.53 Å². The van der Waals surface area contributed by atoms with Crippen molar-refractivity contribution in [3.8, 4) is 0 Å². The van der Waals surface area contributed by atoms with Gasteiger partial charge in [0.2, 0.25) is 0 Å². The highest BCUT2D eigenvalue weighted by molar-refractivity contribution is 6.32. The van der Waals surface area contributed by atoms with E-state index in [1.54, 1.807) is 12.1 Å². The molecule has 2 aromatic rings. The third-order valence-electron chi connectivity index (χ3n) is 4.09. The molecular formula is C19H19ClN2O5. The molecular weight excluding hydrogens is 372 g/mol. The lowest BCUT2D eigenvalue weighted by atomic mass is 9.99. The molecule has 0 radical (unpaired) electrons. The molecule has 8 heteroatoms. The first kappa shape index (κ1) is 20.4. The molecule has 0 aliphatic carbocycles. The van der Waals surface area contributed by atoms with Gasteiger partial charge < -0.3 is 10.1 Å². The molecule has 0 aromatic heterocycles. The van der Waals surface area contributed by atoms with E-state index in [0.717, 1.165) is 12.5 Å². The van der Waals surface area contributed by atoms with Crippen LogP contribution >= 0.6 is 11.6 Å². The Morgan fingerprint density at radius 3 is 2.48 bits per heavy atom. The van der Waals surface area contributed by atoms with Crippen molar-refractivity contribution < 1.29 is 19.2 Å². The summed E-state index contributed by atoms with van der Waals surface area (Å²) in [6, 6.07) is 11.0. The van der Waals surface area contributed by atoms with Crippen LogP contribution in [0.25, 0.3) is 0 Å². The number of nitrogens with one attached hydrogen (secondary N) is 1. The normalized spacial score (nSPS) is 11.5. The van der Waals surface area contributed by atoms with Gasteiger partial charge in [0.25, 0.3) is 11.6 Å². The molecule has 27 heavy (non-hydrogen) atoms. The quantitative estimate of drug-likeness (QED) is 0.424. The topological polar surface area (TPSA) is 98.5 Å². The van der Waals surface area contributed by atoms with E-state index in [0.29, 0.717) is 11.6 Å². The van der Waals surface area contributed by atoms with Gasteiger partial charge in [-0.2, -0.15) is 0 Å². The molecule has 1 N–H and O–H groups in total. The summed E-state index contributed by atoms with van der Waals surface area (Å²) >= 11 is 5.70. The molecule has 142 valence electrons. The third-order valence-corrected chi connectivity index (χ3v) is 4.41. The van der Waals surface area contributed by atoms with Crippen LogP contribution in [0, 0.1) is 10.1 Å². The van der Waals surface area contributed by atoms with Crippen molar-refractivity contribution in [1.29, 1.82) is 0 Å². The number of nitro benzene ring substituents is 1. The predicted molar refractivity (Wildman–Crippen MR) is 102 cm³/mol. The molecule has 0 heterocycles. The Hall–Kier alpha value is -2.93. The van der Waals surface area contributed by atoms with Crippen LogP contribution in [0.2, 0.25) is 5.02 Å². The number of anilines is 1. The molecule has 0 saturated carbocycles. The number of carbonyl (C=O) groups is 2. The number of nitro groups is 1. The van der Waals surface area contributed by atoms with Crippen LogP contribution < -0.4 is 5.32 Å². The van der Waals surface area contributed by atoms with Crippen molar-refractivity contribution in [3.63, 3.8) is 0 Å². The molecule has 0 saturated heterocycles. The fraction of sp³-hybridized carbons (Fsp3) is 0.263. The summed E-state index contributed by atoms with van der Waals surface area (Å²) in [5, 5.41) is 13.4. The van der Waals surface area contributed by atoms with Crippen molar-refractivity contribution in [2.24, 2.45) is 0 Å². The molecule has 0 bridgehead atoms. The van der Waals surface area contributed by atoms with E-state index in [4.69, 9.17) is 16.3 Å². The van der Waals surface area contributed by atoms with Crippen molar-refractivity contribution >= 4 is 34.9 Å². The number of nitrogens with zero attached hydrogens (tertiary/aromatic N) is 1. The maximum absolute atomic E-state index is 12.0. The largest absolute Gasteiger partial charge is 0.452 e.